The second-order valence-electron chi connectivity index (χ2n) is 9.63. The van der Waals surface area contributed by atoms with Crippen molar-refractivity contribution in [2.75, 3.05) is 39.3 Å². The summed E-state index contributed by atoms with van der Waals surface area (Å²) in [7, 11) is 0. The van der Waals surface area contributed by atoms with Crippen LogP contribution in [0.15, 0.2) is 18.2 Å². The molecule has 0 radical (unpaired) electrons. The standard InChI is InChI=1S/C22H29N3O3.C2HF3O2/c1-2-8-24-13-17-18(14-24)22(23-20(17)26)6-9-25(10-7-22)21(27)16-3-4-19-15(12-16)5-11-28-19;3-2(4,5)1(6)7/h3-4,12,17-18H,2,5-11,13-14H2,1H3,(H,23,26);(H,6,7)/t17-,18+;/m1./s1. The van der Waals surface area contributed by atoms with Crippen molar-refractivity contribution in [2.45, 2.75) is 44.3 Å². The van der Waals surface area contributed by atoms with Crippen LogP contribution in [0.2, 0.25) is 0 Å². The summed E-state index contributed by atoms with van der Waals surface area (Å²) in [5, 5.41) is 10.5. The Bertz CT molecular complexity index is 991. The average Bonchev–Trinajstić information content (AvgIpc) is 3.50. The van der Waals surface area contributed by atoms with E-state index < -0.39 is 12.1 Å². The van der Waals surface area contributed by atoms with Gasteiger partial charge < -0.3 is 25.0 Å². The molecule has 5 rings (SSSR count). The molecule has 4 aliphatic heterocycles. The monoisotopic (exact) mass is 497 g/mol. The minimum Gasteiger partial charge on any atom is -0.493 e. The van der Waals surface area contributed by atoms with Crippen LogP contribution in [0.1, 0.15) is 42.1 Å². The van der Waals surface area contributed by atoms with Crippen molar-refractivity contribution in [3.63, 3.8) is 0 Å². The van der Waals surface area contributed by atoms with Gasteiger partial charge in [-0.15, -0.1) is 0 Å². The number of hydrogen-bond donors (Lipinski definition) is 2. The summed E-state index contributed by atoms with van der Waals surface area (Å²) >= 11 is 0. The number of likely N-dealkylation sites (tertiary alicyclic amines) is 2. The number of carbonyl (C=O) groups excluding carboxylic acids is 2. The van der Waals surface area contributed by atoms with E-state index in [0.29, 0.717) is 25.6 Å². The Labute approximate surface area is 201 Å². The van der Waals surface area contributed by atoms with Crippen molar-refractivity contribution >= 4 is 17.8 Å². The second-order valence-corrected chi connectivity index (χ2v) is 9.63. The van der Waals surface area contributed by atoms with Gasteiger partial charge in [-0.25, -0.2) is 4.79 Å². The maximum Gasteiger partial charge on any atom is 0.490 e. The number of aliphatic carboxylic acids is 1. The molecule has 2 amide bonds. The van der Waals surface area contributed by atoms with E-state index in [4.69, 9.17) is 14.6 Å². The van der Waals surface area contributed by atoms with Gasteiger partial charge in [-0.3, -0.25) is 9.59 Å². The van der Waals surface area contributed by atoms with Crippen LogP contribution in [0.25, 0.3) is 0 Å². The Balaban J connectivity index is 0.000000364. The summed E-state index contributed by atoms with van der Waals surface area (Å²) < 4.78 is 37.3. The second kappa shape index (κ2) is 9.67. The number of carboxylic acids is 1. The molecular weight excluding hydrogens is 467 g/mol. The van der Waals surface area contributed by atoms with Gasteiger partial charge in [0.15, 0.2) is 0 Å². The fourth-order valence-corrected chi connectivity index (χ4v) is 5.75. The van der Waals surface area contributed by atoms with Crippen molar-refractivity contribution in [1.29, 1.82) is 0 Å². The largest absolute Gasteiger partial charge is 0.493 e. The zero-order valence-corrected chi connectivity index (χ0v) is 19.6. The molecule has 0 aromatic heterocycles. The molecular formula is C24H30F3N3O5. The van der Waals surface area contributed by atoms with Gasteiger partial charge in [0.1, 0.15) is 5.75 Å². The van der Waals surface area contributed by atoms with E-state index in [1.807, 2.05) is 23.1 Å². The minimum atomic E-state index is -5.08. The lowest BCUT2D eigenvalue weighted by Gasteiger charge is -2.42. The minimum absolute atomic E-state index is 0.101. The van der Waals surface area contributed by atoms with Crippen molar-refractivity contribution in [3.05, 3.63) is 29.3 Å². The third-order valence-electron chi connectivity index (χ3n) is 7.48. The van der Waals surface area contributed by atoms with Crippen LogP contribution in [-0.2, 0) is 16.0 Å². The maximum atomic E-state index is 13.0. The Morgan fingerprint density at radius 3 is 2.54 bits per heavy atom. The average molecular weight is 498 g/mol. The van der Waals surface area contributed by atoms with Crippen LogP contribution in [-0.4, -0.2) is 83.7 Å². The summed E-state index contributed by atoms with van der Waals surface area (Å²) in [5.74, 6) is -1.00. The number of amides is 2. The lowest BCUT2D eigenvalue weighted by atomic mass is 9.75. The number of ether oxygens (including phenoxy) is 1. The normalized spacial score (nSPS) is 24.8. The van der Waals surface area contributed by atoms with E-state index in [1.54, 1.807) is 0 Å². The van der Waals surface area contributed by atoms with Gasteiger partial charge in [0.2, 0.25) is 5.91 Å². The van der Waals surface area contributed by atoms with Gasteiger partial charge in [-0.05, 0) is 49.6 Å². The number of piperidine rings is 1. The molecule has 8 nitrogen and oxygen atoms in total. The molecule has 0 bridgehead atoms. The van der Waals surface area contributed by atoms with E-state index >= 15 is 0 Å². The molecule has 3 saturated heterocycles. The zero-order chi connectivity index (χ0) is 25.4. The summed E-state index contributed by atoms with van der Waals surface area (Å²) in [4.78, 5) is 38.9. The summed E-state index contributed by atoms with van der Waals surface area (Å²) in [6.07, 6.45) is -1.36. The van der Waals surface area contributed by atoms with Crippen LogP contribution in [0.3, 0.4) is 0 Å². The van der Waals surface area contributed by atoms with Crippen molar-refractivity contribution in [3.8, 4) is 5.75 Å². The fraction of sp³-hybridized carbons (Fsp3) is 0.625. The first-order chi connectivity index (χ1) is 16.5. The molecule has 11 heteroatoms. The van der Waals surface area contributed by atoms with E-state index in [2.05, 4.69) is 17.1 Å². The number of hydrogen-bond acceptors (Lipinski definition) is 5. The van der Waals surface area contributed by atoms with Gasteiger partial charge in [-0.1, -0.05) is 6.92 Å². The molecule has 1 aromatic carbocycles. The van der Waals surface area contributed by atoms with Crippen LogP contribution >= 0.6 is 0 Å². The van der Waals surface area contributed by atoms with Gasteiger partial charge in [0, 0.05) is 49.6 Å². The highest BCUT2D eigenvalue weighted by atomic mass is 19.4. The molecule has 0 saturated carbocycles. The highest BCUT2D eigenvalue weighted by Gasteiger charge is 2.57. The Kier molecular flexibility index (Phi) is 6.99. The first-order valence-corrected chi connectivity index (χ1v) is 11.9. The Morgan fingerprint density at radius 2 is 1.91 bits per heavy atom. The van der Waals surface area contributed by atoms with E-state index in [-0.39, 0.29) is 23.3 Å². The number of halogens is 3. The van der Waals surface area contributed by atoms with E-state index in [1.165, 1.54) is 0 Å². The molecule has 4 aliphatic rings. The lowest BCUT2D eigenvalue weighted by molar-refractivity contribution is -0.192. The predicted octanol–water partition coefficient (Wildman–Crippen LogP) is 2.32. The Hall–Kier alpha value is -2.82. The highest BCUT2D eigenvalue weighted by molar-refractivity contribution is 5.95. The van der Waals surface area contributed by atoms with Crippen LogP contribution in [0.4, 0.5) is 13.2 Å². The molecule has 2 N–H and O–H groups in total. The smallest absolute Gasteiger partial charge is 0.490 e. The Morgan fingerprint density at radius 1 is 1.23 bits per heavy atom. The van der Waals surface area contributed by atoms with Gasteiger partial charge in [0.25, 0.3) is 5.91 Å². The van der Waals surface area contributed by atoms with Gasteiger partial charge in [0.05, 0.1) is 12.5 Å². The number of rotatable bonds is 3. The van der Waals surface area contributed by atoms with Gasteiger partial charge >= 0.3 is 12.1 Å². The molecule has 192 valence electrons. The molecule has 0 unspecified atom stereocenters. The lowest BCUT2D eigenvalue weighted by Crippen LogP contribution is -2.56. The molecule has 1 aromatic rings. The first-order valence-electron chi connectivity index (χ1n) is 11.9. The van der Waals surface area contributed by atoms with Crippen LogP contribution in [0, 0.1) is 11.8 Å². The predicted molar refractivity (Wildman–Crippen MR) is 119 cm³/mol. The quantitative estimate of drug-likeness (QED) is 0.665. The van der Waals surface area contributed by atoms with Crippen LogP contribution < -0.4 is 10.1 Å². The molecule has 4 heterocycles. The third kappa shape index (κ3) is 5.10. The summed E-state index contributed by atoms with van der Waals surface area (Å²) in [5.41, 5.74) is 1.77. The first kappa shape index (κ1) is 25.3. The molecule has 0 aliphatic carbocycles. The fourth-order valence-electron chi connectivity index (χ4n) is 5.75. The van der Waals surface area contributed by atoms with Crippen molar-refractivity contribution < 1.29 is 37.4 Å². The number of nitrogens with one attached hydrogen (secondary N) is 1. The molecule has 2 atom stereocenters. The summed E-state index contributed by atoms with van der Waals surface area (Å²) in [6, 6.07) is 5.79. The molecule has 1 spiro atoms. The number of carbonyl (C=O) groups is 3. The van der Waals surface area contributed by atoms with Crippen molar-refractivity contribution in [1.82, 2.24) is 15.1 Å². The maximum absolute atomic E-state index is 13.0. The topological polar surface area (TPSA) is 99.2 Å². The number of benzene rings is 1. The van der Waals surface area contributed by atoms with E-state index in [0.717, 1.165) is 62.2 Å². The number of carboxylic acid groups (broad SMARTS) is 1. The van der Waals surface area contributed by atoms with Crippen LogP contribution in [0.5, 0.6) is 5.75 Å². The van der Waals surface area contributed by atoms with Gasteiger partial charge in [-0.2, -0.15) is 13.2 Å². The molecule has 3 fully saturated rings. The number of nitrogens with zero attached hydrogens (tertiary/aromatic N) is 2. The SMILES string of the molecule is CCCN1C[C@H]2C(=O)NC3(CCN(C(=O)c4ccc5c(c4)CCO5)CC3)[C@H]2C1.O=C(O)C(F)(F)F. The summed E-state index contributed by atoms with van der Waals surface area (Å²) in [6.45, 7) is 7.30. The zero-order valence-electron chi connectivity index (χ0n) is 19.6. The number of alkyl halides is 3. The third-order valence-corrected chi connectivity index (χ3v) is 7.48. The highest BCUT2D eigenvalue weighted by Crippen LogP contribution is 2.44. The molecule has 35 heavy (non-hydrogen) atoms. The number of fused-ring (bicyclic) bond motifs is 3. The van der Waals surface area contributed by atoms with E-state index in [9.17, 15) is 22.8 Å². The van der Waals surface area contributed by atoms with Crippen molar-refractivity contribution in [2.24, 2.45) is 11.8 Å².